The molecule has 19 heavy (non-hydrogen) atoms. The van der Waals surface area contributed by atoms with Crippen molar-refractivity contribution in [1.29, 1.82) is 0 Å². The second-order valence-electron chi connectivity index (χ2n) is 4.63. The third kappa shape index (κ3) is 4.53. The maximum atomic E-state index is 12.5. The standard InChI is InChI=1S/C13H15BrF3NO/c1-8(2)18(7-13(15,16)17)12(19)10-6-9(3)4-5-11(10)14/h4-6,8H,7H2,1-3H3. The fourth-order valence-corrected chi connectivity index (χ4v) is 2.06. The average molecular weight is 338 g/mol. The normalized spacial score (nSPS) is 11.8. The number of benzene rings is 1. The summed E-state index contributed by atoms with van der Waals surface area (Å²) in [5.74, 6) is -0.622. The van der Waals surface area contributed by atoms with Crippen LogP contribution in [0, 0.1) is 6.92 Å². The molecule has 1 rings (SSSR count). The fourth-order valence-electron chi connectivity index (χ4n) is 1.64. The van der Waals surface area contributed by atoms with Gasteiger partial charge in [-0.3, -0.25) is 4.79 Å². The summed E-state index contributed by atoms with van der Waals surface area (Å²) in [6.45, 7) is 3.66. The van der Waals surface area contributed by atoms with E-state index >= 15 is 0 Å². The maximum absolute atomic E-state index is 12.5. The van der Waals surface area contributed by atoms with E-state index in [0.717, 1.165) is 10.5 Å². The van der Waals surface area contributed by atoms with Gasteiger partial charge in [-0.15, -0.1) is 0 Å². The molecule has 0 aromatic heterocycles. The Morgan fingerprint density at radius 3 is 2.42 bits per heavy atom. The van der Waals surface area contributed by atoms with Gasteiger partial charge >= 0.3 is 6.18 Å². The Labute approximate surface area is 118 Å². The molecular formula is C13H15BrF3NO. The first-order chi connectivity index (χ1) is 8.61. The van der Waals surface area contributed by atoms with Gasteiger partial charge in [0, 0.05) is 10.5 Å². The van der Waals surface area contributed by atoms with Crippen LogP contribution in [0.1, 0.15) is 29.8 Å². The highest BCUT2D eigenvalue weighted by Gasteiger charge is 2.35. The molecule has 2 nitrogen and oxygen atoms in total. The lowest BCUT2D eigenvalue weighted by atomic mass is 10.1. The van der Waals surface area contributed by atoms with Crippen LogP contribution in [0.25, 0.3) is 0 Å². The van der Waals surface area contributed by atoms with E-state index in [1.165, 1.54) is 0 Å². The van der Waals surface area contributed by atoms with E-state index in [2.05, 4.69) is 15.9 Å². The number of alkyl halides is 3. The van der Waals surface area contributed by atoms with Gasteiger partial charge in [0.2, 0.25) is 0 Å². The average Bonchev–Trinajstić information content (AvgIpc) is 2.27. The number of amides is 1. The molecule has 1 aromatic rings. The van der Waals surface area contributed by atoms with Gasteiger partial charge in [-0.25, -0.2) is 0 Å². The lowest BCUT2D eigenvalue weighted by molar-refractivity contribution is -0.143. The van der Waals surface area contributed by atoms with Crippen molar-refractivity contribution in [3.05, 3.63) is 33.8 Å². The van der Waals surface area contributed by atoms with Crippen molar-refractivity contribution in [1.82, 2.24) is 4.90 Å². The summed E-state index contributed by atoms with van der Waals surface area (Å²) in [6.07, 6.45) is -4.41. The lowest BCUT2D eigenvalue weighted by Crippen LogP contribution is -2.43. The lowest BCUT2D eigenvalue weighted by Gasteiger charge is -2.28. The van der Waals surface area contributed by atoms with E-state index in [1.54, 1.807) is 39.0 Å². The van der Waals surface area contributed by atoms with E-state index < -0.39 is 24.7 Å². The Balaban J connectivity index is 3.09. The van der Waals surface area contributed by atoms with Gasteiger partial charge in [-0.1, -0.05) is 11.6 Å². The molecule has 0 aliphatic heterocycles. The minimum atomic E-state index is -4.41. The molecule has 0 saturated heterocycles. The SMILES string of the molecule is Cc1ccc(Br)c(C(=O)N(CC(F)(F)F)C(C)C)c1. The summed E-state index contributed by atoms with van der Waals surface area (Å²) in [5, 5.41) is 0. The van der Waals surface area contributed by atoms with Crippen molar-refractivity contribution in [2.45, 2.75) is 33.0 Å². The summed E-state index contributed by atoms with van der Waals surface area (Å²) in [6, 6.07) is 4.50. The third-order valence-corrected chi connectivity index (χ3v) is 3.28. The van der Waals surface area contributed by atoms with Gasteiger partial charge in [-0.05, 0) is 48.8 Å². The third-order valence-electron chi connectivity index (χ3n) is 2.59. The summed E-state index contributed by atoms with van der Waals surface area (Å²) >= 11 is 3.20. The van der Waals surface area contributed by atoms with Gasteiger partial charge in [0.05, 0.1) is 5.56 Å². The Kier molecular flexibility index (Phi) is 5.01. The van der Waals surface area contributed by atoms with Gasteiger partial charge in [0.15, 0.2) is 0 Å². The first-order valence-electron chi connectivity index (χ1n) is 5.75. The Morgan fingerprint density at radius 2 is 1.95 bits per heavy atom. The molecule has 0 saturated carbocycles. The molecule has 6 heteroatoms. The number of carbonyl (C=O) groups is 1. The predicted molar refractivity (Wildman–Crippen MR) is 71.1 cm³/mol. The van der Waals surface area contributed by atoms with Crippen molar-refractivity contribution >= 4 is 21.8 Å². The van der Waals surface area contributed by atoms with E-state index in [-0.39, 0.29) is 5.56 Å². The van der Waals surface area contributed by atoms with Crippen molar-refractivity contribution in [2.24, 2.45) is 0 Å². The van der Waals surface area contributed by atoms with Crippen LogP contribution in [-0.4, -0.2) is 29.6 Å². The number of halogens is 4. The number of hydrogen-bond acceptors (Lipinski definition) is 1. The van der Waals surface area contributed by atoms with Crippen LogP contribution < -0.4 is 0 Å². The van der Waals surface area contributed by atoms with Crippen LogP contribution in [0.5, 0.6) is 0 Å². The van der Waals surface area contributed by atoms with Crippen molar-refractivity contribution in [2.75, 3.05) is 6.54 Å². The predicted octanol–water partition coefficient (Wildman–Crippen LogP) is 4.17. The topological polar surface area (TPSA) is 20.3 Å². The van der Waals surface area contributed by atoms with Crippen LogP contribution in [0.3, 0.4) is 0 Å². The zero-order valence-corrected chi connectivity index (χ0v) is 12.5. The van der Waals surface area contributed by atoms with Gasteiger partial charge in [-0.2, -0.15) is 13.2 Å². The number of carbonyl (C=O) groups excluding carboxylic acids is 1. The zero-order valence-electron chi connectivity index (χ0n) is 10.9. The van der Waals surface area contributed by atoms with Crippen LogP contribution in [0.2, 0.25) is 0 Å². The second kappa shape index (κ2) is 5.94. The quantitative estimate of drug-likeness (QED) is 0.810. The molecule has 0 N–H and O–H groups in total. The van der Waals surface area contributed by atoms with Gasteiger partial charge in [0.25, 0.3) is 5.91 Å². The smallest absolute Gasteiger partial charge is 0.327 e. The zero-order chi connectivity index (χ0) is 14.8. The minimum Gasteiger partial charge on any atom is -0.327 e. The Morgan fingerprint density at radius 1 is 1.37 bits per heavy atom. The second-order valence-corrected chi connectivity index (χ2v) is 5.48. The molecular weight excluding hydrogens is 323 g/mol. The fraction of sp³-hybridized carbons (Fsp3) is 0.462. The molecule has 1 aromatic carbocycles. The van der Waals surface area contributed by atoms with Crippen LogP contribution >= 0.6 is 15.9 Å². The van der Waals surface area contributed by atoms with Crippen molar-refractivity contribution in [3.8, 4) is 0 Å². The van der Waals surface area contributed by atoms with Crippen LogP contribution in [0.4, 0.5) is 13.2 Å². The molecule has 0 fully saturated rings. The number of rotatable bonds is 3. The highest BCUT2D eigenvalue weighted by atomic mass is 79.9. The number of nitrogens with zero attached hydrogens (tertiary/aromatic N) is 1. The molecule has 0 aliphatic rings. The largest absolute Gasteiger partial charge is 0.406 e. The van der Waals surface area contributed by atoms with Crippen LogP contribution in [-0.2, 0) is 0 Å². The maximum Gasteiger partial charge on any atom is 0.406 e. The summed E-state index contributed by atoms with van der Waals surface area (Å²) in [7, 11) is 0. The molecule has 0 atom stereocenters. The van der Waals surface area contributed by atoms with E-state index in [4.69, 9.17) is 0 Å². The van der Waals surface area contributed by atoms with Crippen molar-refractivity contribution < 1.29 is 18.0 Å². The summed E-state index contributed by atoms with van der Waals surface area (Å²) in [4.78, 5) is 13.1. The molecule has 0 aliphatic carbocycles. The van der Waals surface area contributed by atoms with Gasteiger partial charge in [0.1, 0.15) is 6.54 Å². The monoisotopic (exact) mass is 337 g/mol. The minimum absolute atomic E-state index is 0.248. The Hall–Kier alpha value is -1.04. The number of hydrogen-bond donors (Lipinski definition) is 0. The molecule has 0 heterocycles. The molecule has 0 radical (unpaired) electrons. The van der Waals surface area contributed by atoms with E-state index in [9.17, 15) is 18.0 Å². The molecule has 106 valence electrons. The molecule has 0 unspecified atom stereocenters. The highest BCUT2D eigenvalue weighted by Crippen LogP contribution is 2.24. The summed E-state index contributed by atoms with van der Waals surface area (Å²) in [5.41, 5.74) is 1.07. The highest BCUT2D eigenvalue weighted by molar-refractivity contribution is 9.10. The first kappa shape index (κ1) is 16.0. The van der Waals surface area contributed by atoms with E-state index in [0.29, 0.717) is 4.47 Å². The first-order valence-corrected chi connectivity index (χ1v) is 6.55. The van der Waals surface area contributed by atoms with Crippen molar-refractivity contribution in [3.63, 3.8) is 0 Å². The Bertz CT molecular complexity index is 471. The summed E-state index contributed by atoms with van der Waals surface area (Å²) < 4.78 is 38.0. The molecule has 0 spiro atoms. The van der Waals surface area contributed by atoms with Gasteiger partial charge < -0.3 is 4.90 Å². The molecule has 1 amide bonds. The number of aryl methyl sites for hydroxylation is 1. The van der Waals surface area contributed by atoms with Crippen LogP contribution in [0.15, 0.2) is 22.7 Å². The molecule has 0 bridgehead atoms. The van der Waals surface area contributed by atoms with E-state index in [1.807, 2.05) is 0 Å².